The molecule has 0 atom stereocenters. The molecule has 1 heterocycles. The molecule has 0 saturated heterocycles. The van der Waals surface area contributed by atoms with Crippen LogP contribution in [-0.4, -0.2) is 45.4 Å². The molecule has 0 spiro atoms. The van der Waals surface area contributed by atoms with E-state index in [0.717, 1.165) is 5.39 Å². The summed E-state index contributed by atoms with van der Waals surface area (Å²) in [5.41, 5.74) is 0.990. The summed E-state index contributed by atoms with van der Waals surface area (Å²) in [4.78, 5) is 29.2. The molecular weight excluding hydrogens is 454 g/mol. The van der Waals surface area contributed by atoms with E-state index in [4.69, 9.17) is 33.4 Å². The first-order chi connectivity index (χ1) is 16.7. The third-order valence-electron chi connectivity index (χ3n) is 5.65. The fourth-order valence-corrected chi connectivity index (χ4v) is 4.20. The second kappa shape index (κ2) is 9.17. The minimum absolute atomic E-state index is 0.208. The summed E-state index contributed by atoms with van der Waals surface area (Å²) >= 11 is 0. The Labute approximate surface area is 201 Å². The molecule has 0 N–H and O–H groups in total. The van der Waals surface area contributed by atoms with Crippen LogP contribution in [-0.2, 0) is 9.59 Å². The van der Waals surface area contributed by atoms with Crippen molar-refractivity contribution in [1.82, 2.24) is 4.98 Å². The van der Waals surface area contributed by atoms with Crippen LogP contribution in [0, 0.1) is 6.92 Å². The van der Waals surface area contributed by atoms with E-state index in [1.165, 1.54) is 35.2 Å². The van der Waals surface area contributed by atoms with Gasteiger partial charge in [0.1, 0.15) is 11.3 Å². The molecule has 4 rings (SSSR count). The zero-order valence-corrected chi connectivity index (χ0v) is 20.5. The Hall–Kier alpha value is -4.27. The van der Waals surface area contributed by atoms with Crippen LogP contribution in [0.5, 0.6) is 34.5 Å². The van der Waals surface area contributed by atoms with Crippen molar-refractivity contribution < 1.29 is 38.0 Å². The van der Waals surface area contributed by atoms with Crippen molar-refractivity contribution in [2.24, 2.45) is 0 Å². The standard InChI is InChI=1S/C26H25NO8/c1-12-15-8-19(30-4)20(31-5)9-16(15)23-24(27-12)26(35-14(3)29)18-11-22(33-7)21(32-6)10-17(18)25(23)34-13(2)28/h8-11H,1-7H3. The van der Waals surface area contributed by atoms with Gasteiger partial charge >= 0.3 is 11.9 Å². The number of ether oxygens (including phenoxy) is 6. The predicted octanol–water partition coefficient (Wildman–Crippen LogP) is 4.73. The number of benzene rings is 3. The number of pyridine rings is 1. The molecule has 9 heteroatoms. The number of nitrogens with zero attached hydrogens (tertiary/aromatic N) is 1. The molecule has 0 aliphatic carbocycles. The van der Waals surface area contributed by atoms with Gasteiger partial charge in [-0.15, -0.1) is 0 Å². The van der Waals surface area contributed by atoms with Crippen LogP contribution < -0.4 is 28.4 Å². The minimum Gasteiger partial charge on any atom is -0.493 e. The van der Waals surface area contributed by atoms with Gasteiger partial charge in [0.25, 0.3) is 0 Å². The molecule has 0 bridgehead atoms. The fraction of sp³-hybridized carbons (Fsp3) is 0.269. The van der Waals surface area contributed by atoms with Crippen molar-refractivity contribution in [1.29, 1.82) is 0 Å². The molecule has 0 aliphatic heterocycles. The van der Waals surface area contributed by atoms with Crippen LogP contribution in [0.4, 0.5) is 0 Å². The number of fused-ring (bicyclic) bond motifs is 4. The predicted molar refractivity (Wildman–Crippen MR) is 130 cm³/mol. The summed E-state index contributed by atoms with van der Waals surface area (Å²) in [7, 11) is 6.08. The molecule has 0 unspecified atom stereocenters. The van der Waals surface area contributed by atoms with Gasteiger partial charge in [-0.2, -0.15) is 0 Å². The maximum Gasteiger partial charge on any atom is 0.308 e. The highest BCUT2D eigenvalue weighted by Gasteiger charge is 2.25. The summed E-state index contributed by atoms with van der Waals surface area (Å²) in [5, 5.41) is 2.83. The average molecular weight is 479 g/mol. The molecule has 0 amide bonds. The van der Waals surface area contributed by atoms with Gasteiger partial charge in [-0.1, -0.05) is 0 Å². The molecule has 4 aromatic rings. The number of carbonyl (C=O) groups is 2. The molecule has 0 aliphatic rings. The lowest BCUT2D eigenvalue weighted by Crippen LogP contribution is -2.08. The van der Waals surface area contributed by atoms with Gasteiger partial charge in [-0.05, 0) is 31.2 Å². The molecule has 0 saturated carbocycles. The van der Waals surface area contributed by atoms with Crippen LogP contribution in [0.3, 0.4) is 0 Å². The molecule has 3 aromatic carbocycles. The number of aromatic nitrogens is 1. The second-order valence-electron chi connectivity index (χ2n) is 7.77. The van der Waals surface area contributed by atoms with Crippen LogP contribution in [0.1, 0.15) is 19.5 Å². The van der Waals surface area contributed by atoms with E-state index in [1.807, 2.05) is 6.92 Å². The van der Waals surface area contributed by atoms with E-state index in [0.29, 0.717) is 55.8 Å². The van der Waals surface area contributed by atoms with Gasteiger partial charge in [0.15, 0.2) is 28.7 Å². The molecule has 1 aromatic heterocycles. The zero-order chi connectivity index (χ0) is 25.4. The summed E-state index contributed by atoms with van der Waals surface area (Å²) in [5.74, 6) is 1.19. The van der Waals surface area contributed by atoms with Crippen LogP contribution >= 0.6 is 0 Å². The Morgan fingerprint density at radius 3 is 1.49 bits per heavy atom. The van der Waals surface area contributed by atoms with Gasteiger partial charge in [-0.3, -0.25) is 9.59 Å². The van der Waals surface area contributed by atoms with E-state index < -0.39 is 11.9 Å². The minimum atomic E-state index is -0.533. The first-order valence-corrected chi connectivity index (χ1v) is 10.7. The molecule has 35 heavy (non-hydrogen) atoms. The first kappa shape index (κ1) is 23.9. The highest BCUT2D eigenvalue weighted by molar-refractivity contribution is 6.21. The van der Waals surface area contributed by atoms with Gasteiger partial charge in [0.05, 0.1) is 33.8 Å². The molecule has 0 fully saturated rings. The van der Waals surface area contributed by atoms with Crippen molar-refractivity contribution in [3.8, 4) is 34.5 Å². The third kappa shape index (κ3) is 3.99. The first-order valence-electron chi connectivity index (χ1n) is 10.7. The van der Waals surface area contributed by atoms with Crippen LogP contribution in [0.15, 0.2) is 24.3 Å². The van der Waals surface area contributed by atoms with Crippen molar-refractivity contribution in [2.45, 2.75) is 20.8 Å². The summed E-state index contributed by atoms with van der Waals surface area (Å²) < 4.78 is 33.4. The Bertz CT molecular complexity index is 1510. The Morgan fingerprint density at radius 2 is 1.03 bits per heavy atom. The lowest BCUT2D eigenvalue weighted by molar-refractivity contribution is -0.132. The third-order valence-corrected chi connectivity index (χ3v) is 5.65. The monoisotopic (exact) mass is 479 g/mol. The van der Waals surface area contributed by atoms with Gasteiger partial charge in [0.2, 0.25) is 0 Å². The summed E-state index contributed by atoms with van der Waals surface area (Å²) in [6, 6.07) is 6.92. The van der Waals surface area contributed by atoms with Crippen LogP contribution in [0.25, 0.3) is 32.4 Å². The molecule has 0 radical (unpaired) electrons. The zero-order valence-electron chi connectivity index (χ0n) is 20.5. The smallest absolute Gasteiger partial charge is 0.308 e. The number of rotatable bonds is 6. The van der Waals surface area contributed by atoms with E-state index >= 15 is 0 Å². The van der Waals surface area contributed by atoms with Crippen LogP contribution in [0.2, 0.25) is 0 Å². The van der Waals surface area contributed by atoms with E-state index in [9.17, 15) is 9.59 Å². The second-order valence-corrected chi connectivity index (χ2v) is 7.77. The van der Waals surface area contributed by atoms with Gasteiger partial charge in [-0.25, -0.2) is 4.98 Å². The largest absolute Gasteiger partial charge is 0.493 e. The van der Waals surface area contributed by atoms with Crippen molar-refractivity contribution in [3.63, 3.8) is 0 Å². The number of aryl methyl sites for hydroxylation is 1. The van der Waals surface area contributed by atoms with E-state index in [2.05, 4.69) is 0 Å². The molecule has 182 valence electrons. The van der Waals surface area contributed by atoms with Gasteiger partial charge < -0.3 is 28.4 Å². The maximum atomic E-state index is 12.2. The molecule has 9 nitrogen and oxygen atoms in total. The highest BCUT2D eigenvalue weighted by atomic mass is 16.5. The van der Waals surface area contributed by atoms with E-state index in [-0.39, 0.29) is 11.5 Å². The lowest BCUT2D eigenvalue weighted by Gasteiger charge is -2.19. The fourth-order valence-electron chi connectivity index (χ4n) is 4.20. The topological polar surface area (TPSA) is 102 Å². The SMILES string of the molecule is COc1cc2c(OC(C)=O)c3nc(C)c4cc(OC)c(OC)cc4c3c(OC(C)=O)c2cc1OC. The van der Waals surface area contributed by atoms with Gasteiger partial charge in [0, 0.05) is 41.1 Å². The quantitative estimate of drug-likeness (QED) is 0.168. The number of carbonyl (C=O) groups excluding carboxylic acids is 2. The summed E-state index contributed by atoms with van der Waals surface area (Å²) in [6.45, 7) is 4.45. The average Bonchev–Trinajstić information content (AvgIpc) is 2.83. The maximum absolute atomic E-state index is 12.2. The number of esters is 2. The van der Waals surface area contributed by atoms with Crippen molar-refractivity contribution in [3.05, 3.63) is 30.0 Å². The normalized spacial score (nSPS) is 10.9. The Kier molecular flexibility index (Phi) is 6.26. The lowest BCUT2D eigenvalue weighted by atomic mass is 9.97. The number of hydrogen-bond donors (Lipinski definition) is 0. The van der Waals surface area contributed by atoms with Crippen molar-refractivity contribution in [2.75, 3.05) is 28.4 Å². The Morgan fingerprint density at radius 1 is 0.629 bits per heavy atom. The number of hydrogen-bond acceptors (Lipinski definition) is 9. The highest BCUT2D eigenvalue weighted by Crippen LogP contribution is 2.49. The number of methoxy groups -OCH3 is 4. The van der Waals surface area contributed by atoms with E-state index in [1.54, 1.807) is 31.4 Å². The van der Waals surface area contributed by atoms with Crippen molar-refractivity contribution >= 4 is 44.4 Å². The molecular formula is C26H25NO8. The Balaban J connectivity index is 2.35. The summed E-state index contributed by atoms with van der Waals surface area (Å²) in [6.07, 6.45) is 0.